The SMILES string of the molecule is [F].[O]=[Sb]([OH])([OH])[OH]. The summed E-state index contributed by atoms with van der Waals surface area (Å²) >= 11 is -5.35. The van der Waals surface area contributed by atoms with Gasteiger partial charge in [0.1, 0.15) is 0 Å². The standard InChI is InChI=1S/F.3H2O.O.Sb/h;3*1H2;;/q;;;;;+3/p-3. The second-order valence-corrected chi connectivity index (χ2v) is 3.44. The van der Waals surface area contributed by atoms with Crippen molar-refractivity contribution >= 4 is 20.1 Å². The van der Waals surface area contributed by atoms with E-state index in [1.54, 1.807) is 0 Å². The Labute approximate surface area is 38.5 Å². The summed E-state index contributed by atoms with van der Waals surface area (Å²) in [4.78, 5) is 0. The number of halogens is 1. The van der Waals surface area contributed by atoms with Crippen LogP contribution in [0.1, 0.15) is 0 Å². The van der Waals surface area contributed by atoms with Gasteiger partial charge < -0.3 is 0 Å². The van der Waals surface area contributed by atoms with Crippen molar-refractivity contribution in [2.24, 2.45) is 0 Å². The molecule has 0 unspecified atom stereocenters. The predicted molar refractivity (Wildman–Crippen MR) is 14.2 cm³/mol. The van der Waals surface area contributed by atoms with Gasteiger partial charge in [0.15, 0.2) is 0 Å². The van der Waals surface area contributed by atoms with Crippen LogP contribution in [0, 0.1) is 0 Å². The van der Waals surface area contributed by atoms with Gasteiger partial charge in [-0.05, 0) is 0 Å². The fourth-order valence-electron chi connectivity index (χ4n) is 0. The van der Waals surface area contributed by atoms with Gasteiger partial charge in [0.05, 0.1) is 0 Å². The van der Waals surface area contributed by atoms with E-state index < -0.39 is 20.1 Å². The molecule has 0 saturated carbocycles. The van der Waals surface area contributed by atoms with Crippen molar-refractivity contribution < 1.29 is 17.9 Å². The van der Waals surface area contributed by atoms with Crippen LogP contribution in [0.25, 0.3) is 0 Å². The molecule has 6 heavy (non-hydrogen) atoms. The summed E-state index contributed by atoms with van der Waals surface area (Å²) in [5.74, 6) is 0. The third kappa shape index (κ3) is 284. The van der Waals surface area contributed by atoms with E-state index in [1.807, 2.05) is 0 Å². The predicted octanol–water partition coefficient (Wildman–Crippen LogP) is -1.75. The molecule has 4 nitrogen and oxygen atoms in total. The van der Waals surface area contributed by atoms with Crippen LogP contribution in [-0.4, -0.2) is 30.2 Å². The quantitative estimate of drug-likeness (QED) is 0.412. The second kappa shape index (κ2) is 2.58. The van der Waals surface area contributed by atoms with Crippen LogP contribution in [0.2, 0.25) is 0 Å². The molecule has 0 fully saturated rings. The van der Waals surface area contributed by atoms with Gasteiger partial charge in [0.2, 0.25) is 0 Å². The van der Waals surface area contributed by atoms with Crippen LogP contribution < -0.4 is 0 Å². The molecule has 0 aliphatic heterocycles. The van der Waals surface area contributed by atoms with E-state index in [2.05, 4.69) is 0 Å². The van der Waals surface area contributed by atoms with Crippen molar-refractivity contribution in [3.8, 4) is 0 Å². The third-order valence-electron chi connectivity index (χ3n) is 0. The van der Waals surface area contributed by atoms with Gasteiger partial charge in [-0.2, -0.15) is 0 Å². The van der Waals surface area contributed by atoms with Gasteiger partial charge in [-0.3, -0.25) is 0 Å². The Morgan fingerprint density at radius 1 is 1.17 bits per heavy atom. The van der Waals surface area contributed by atoms with E-state index in [4.69, 9.17) is 13.2 Å². The molecule has 0 aromatic heterocycles. The average molecular weight is 208 g/mol. The average Bonchev–Trinajstić information content (AvgIpc) is 0.722. The summed E-state index contributed by atoms with van der Waals surface area (Å²) in [6.45, 7) is 0. The van der Waals surface area contributed by atoms with Gasteiger partial charge >= 0.3 is 33.2 Å². The Morgan fingerprint density at radius 3 is 1.17 bits per heavy atom. The van der Waals surface area contributed by atoms with Gasteiger partial charge in [-0.1, -0.05) is 0 Å². The monoisotopic (exact) mass is 207 g/mol. The summed E-state index contributed by atoms with van der Waals surface area (Å²) in [5, 5.41) is 0. The number of hydrogen-bond acceptors (Lipinski definition) is 1. The Bertz CT molecular complexity index is 53.7. The van der Waals surface area contributed by atoms with Crippen LogP contribution >= 0.6 is 0 Å². The third-order valence-corrected chi connectivity index (χ3v) is 0. The summed E-state index contributed by atoms with van der Waals surface area (Å²) in [7, 11) is 0. The second-order valence-electron chi connectivity index (χ2n) is 0.513. The molecule has 0 atom stereocenters. The summed E-state index contributed by atoms with van der Waals surface area (Å²) in [6.07, 6.45) is 0. The molecule has 0 saturated heterocycles. The Balaban J connectivity index is 0. The van der Waals surface area contributed by atoms with Crippen LogP contribution in [0.4, 0.5) is 4.70 Å². The molecule has 0 heterocycles. The molecule has 1 radical (unpaired) electrons. The van der Waals surface area contributed by atoms with E-state index in [-0.39, 0.29) is 4.70 Å². The molecule has 0 aliphatic rings. The van der Waals surface area contributed by atoms with Crippen molar-refractivity contribution in [2.75, 3.05) is 0 Å². The van der Waals surface area contributed by atoms with Crippen molar-refractivity contribution in [3.63, 3.8) is 0 Å². The van der Waals surface area contributed by atoms with E-state index in [9.17, 15) is 0 Å². The Kier molecular flexibility index (Phi) is 4.15. The zero-order chi connectivity index (χ0) is 4.50. The molecule has 0 aromatic rings. The zero-order valence-electron chi connectivity index (χ0n) is 2.58. The molecular weight excluding hydrogens is 205 g/mol. The van der Waals surface area contributed by atoms with E-state index >= 15 is 0 Å². The van der Waals surface area contributed by atoms with E-state index in [0.717, 1.165) is 0 Å². The van der Waals surface area contributed by atoms with Crippen LogP contribution in [0.15, 0.2) is 0 Å². The molecular formula is H3FO4Sb. The van der Waals surface area contributed by atoms with Gasteiger partial charge in [0.25, 0.3) is 0 Å². The van der Waals surface area contributed by atoms with Crippen LogP contribution in [-0.2, 0) is 3.02 Å². The van der Waals surface area contributed by atoms with Crippen LogP contribution in [0.3, 0.4) is 0 Å². The molecule has 39 valence electrons. The van der Waals surface area contributed by atoms with Crippen molar-refractivity contribution in [3.05, 3.63) is 0 Å². The summed E-state index contributed by atoms with van der Waals surface area (Å²) in [5.41, 5.74) is 0. The molecule has 0 aliphatic carbocycles. The van der Waals surface area contributed by atoms with Gasteiger partial charge in [-0.25, -0.2) is 0 Å². The fraction of sp³-hybridized carbons (Fsp3) is 0. The first-order valence-electron chi connectivity index (χ1n) is 0.783. The van der Waals surface area contributed by atoms with Gasteiger partial charge in [-0.15, -0.1) is 0 Å². The first kappa shape index (κ1) is 9.66. The molecule has 0 rings (SSSR count). The topological polar surface area (TPSA) is 77.8 Å². The minimum atomic E-state index is -5.35. The number of rotatable bonds is 0. The Hall–Kier alpha value is 0.428. The van der Waals surface area contributed by atoms with Crippen molar-refractivity contribution in [1.29, 1.82) is 0 Å². The first-order chi connectivity index (χ1) is 2.00. The minimum absolute atomic E-state index is 0. The molecule has 6 heteroatoms. The first-order valence-corrected chi connectivity index (χ1v) is 5.25. The maximum atomic E-state index is 8.97. The molecule has 0 spiro atoms. The molecule has 0 aromatic carbocycles. The van der Waals surface area contributed by atoms with E-state index in [0.29, 0.717) is 0 Å². The molecule has 3 N–H and O–H groups in total. The number of hydrogen-bond donors (Lipinski definition) is 3. The molecule has 0 amide bonds. The maximum absolute atomic E-state index is 8.97. The fourth-order valence-corrected chi connectivity index (χ4v) is 0. The summed E-state index contributed by atoms with van der Waals surface area (Å²) < 4.78 is 30.8. The molecule has 0 bridgehead atoms. The van der Waals surface area contributed by atoms with Crippen molar-refractivity contribution in [1.82, 2.24) is 0 Å². The zero-order valence-corrected chi connectivity index (χ0v) is 5.13. The van der Waals surface area contributed by atoms with Crippen molar-refractivity contribution in [2.45, 2.75) is 0 Å². The van der Waals surface area contributed by atoms with Crippen LogP contribution in [0.5, 0.6) is 0 Å². The normalized spacial score (nSPS) is 9.83. The van der Waals surface area contributed by atoms with Gasteiger partial charge in [0, 0.05) is 4.70 Å². The Morgan fingerprint density at radius 2 is 1.17 bits per heavy atom. The van der Waals surface area contributed by atoms with E-state index in [1.165, 1.54) is 0 Å². The summed E-state index contributed by atoms with van der Waals surface area (Å²) in [6, 6.07) is 0.